The summed E-state index contributed by atoms with van der Waals surface area (Å²) >= 11 is 5.80. The second kappa shape index (κ2) is 4.99. The van der Waals surface area contributed by atoms with Gasteiger partial charge >= 0.3 is 6.03 Å². The molecule has 3 amide bonds. The number of hydrogen-bond donors (Lipinski definition) is 0. The van der Waals surface area contributed by atoms with Crippen LogP contribution in [0.2, 0.25) is 5.02 Å². The Morgan fingerprint density at radius 1 is 1.14 bits per heavy atom. The van der Waals surface area contributed by atoms with E-state index in [1.165, 1.54) is 4.90 Å². The molecule has 1 unspecified atom stereocenters. The van der Waals surface area contributed by atoms with E-state index in [2.05, 4.69) is 0 Å². The second-order valence-electron chi connectivity index (χ2n) is 5.15. The van der Waals surface area contributed by atoms with Crippen molar-refractivity contribution in [1.82, 2.24) is 4.90 Å². The van der Waals surface area contributed by atoms with Crippen LogP contribution in [0.3, 0.4) is 0 Å². The molecular formula is C13H13ClN2O4S. The van der Waals surface area contributed by atoms with Gasteiger partial charge in [0.25, 0.3) is 0 Å². The minimum absolute atomic E-state index is 0.0214. The van der Waals surface area contributed by atoms with E-state index in [9.17, 15) is 18.0 Å². The molecule has 21 heavy (non-hydrogen) atoms. The molecule has 1 aromatic rings. The van der Waals surface area contributed by atoms with Gasteiger partial charge in [-0.25, -0.2) is 18.1 Å². The van der Waals surface area contributed by atoms with Gasteiger partial charge in [0.1, 0.15) is 0 Å². The number of halogens is 1. The Hall–Kier alpha value is -1.60. The largest absolute Gasteiger partial charge is 0.331 e. The third kappa shape index (κ3) is 2.63. The van der Waals surface area contributed by atoms with Gasteiger partial charge in [-0.1, -0.05) is 11.6 Å². The number of carbonyl (C=O) groups excluding carboxylic acids is 2. The fourth-order valence-corrected chi connectivity index (χ4v) is 4.33. The summed E-state index contributed by atoms with van der Waals surface area (Å²) in [7, 11) is -3.17. The van der Waals surface area contributed by atoms with Crippen LogP contribution in [0.5, 0.6) is 0 Å². The van der Waals surface area contributed by atoms with Crippen LogP contribution in [0.15, 0.2) is 24.3 Å². The van der Waals surface area contributed by atoms with Crippen molar-refractivity contribution in [2.45, 2.75) is 12.5 Å². The lowest BCUT2D eigenvalue weighted by molar-refractivity contribution is -0.120. The molecule has 0 aliphatic carbocycles. The average molecular weight is 329 g/mol. The molecule has 0 bridgehead atoms. The van der Waals surface area contributed by atoms with E-state index < -0.39 is 21.9 Å². The van der Waals surface area contributed by atoms with Gasteiger partial charge in [0.15, 0.2) is 9.84 Å². The van der Waals surface area contributed by atoms with E-state index in [0.29, 0.717) is 10.7 Å². The summed E-state index contributed by atoms with van der Waals surface area (Å²) in [5, 5.41) is 0.512. The molecule has 112 valence electrons. The molecular weight excluding hydrogens is 316 g/mol. The molecule has 0 aromatic heterocycles. The van der Waals surface area contributed by atoms with Crippen LogP contribution in [0.1, 0.15) is 6.42 Å². The van der Waals surface area contributed by atoms with Crippen molar-refractivity contribution in [3.8, 4) is 0 Å². The molecule has 2 aliphatic rings. The lowest BCUT2D eigenvalue weighted by Crippen LogP contribution is -2.62. The predicted octanol–water partition coefficient (Wildman–Crippen LogP) is 1.30. The Morgan fingerprint density at radius 3 is 2.48 bits per heavy atom. The zero-order valence-corrected chi connectivity index (χ0v) is 12.6. The molecule has 0 radical (unpaired) electrons. The molecule has 6 nitrogen and oxygen atoms in total. The first-order valence-corrected chi connectivity index (χ1v) is 8.67. The molecule has 1 aromatic carbocycles. The van der Waals surface area contributed by atoms with Crippen molar-refractivity contribution in [3.05, 3.63) is 29.3 Å². The third-order valence-corrected chi connectivity index (χ3v) is 5.66. The van der Waals surface area contributed by atoms with Crippen LogP contribution >= 0.6 is 11.6 Å². The summed E-state index contributed by atoms with van der Waals surface area (Å²) in [5.41, 5.74) is 0.446. The first-order chi connectivity index (χ1) is 9.87. The van der Waals surface area contributed by atoms with Gasteiger partial charge < -0.3 is 4.90 Å². The number of hydrogen-bond acceptors (Lipinski definition) is 4. The number of sulfone groups is 1. The van der Waals surface area contributed by atoms with E-state index in [4.69, 9.17) is 11.6 Å². The van der Waals surface area contributed by atoms with Crippen LogP contribution in [0.25, 0.3) is 0 Å². The summed E-state index contributed by atoms with van der Waals surface area (Å²) in [6.07, 6.45) is 0.0214. The molecule has 8 heteroatoms. The SMILES string of the molecule is O=C1CC2CS(=O)(=O)CCN2C(=O)N1c1ccc(Cl)cc1. The quantitative estimate of drug-likeness (QED) is 0.778. The highest BCUT2D eigenvalue weighted by molar-refractivity contribution is 7.91. The number of imide groups is 1. The standard InChI is InChI=1S/C13H13ClN2O4S/c14-9-1-3-10(4-2-9)16-12(17)7-11-8-21(19,20)6-5-15(11)13(16)18/h1-4,11H,5-8H2. The second-order valence-corrected chi connectivity index (χ2v) is 7.82. The molecule has 0 N–H and O–H groups in total. The summed E-state index contributed by atoms with van der Waals surface area (Å²) in [6, 6.07) is 5.38. The maximum absolute atomic E-state index is 12.5. The van der Waals surface area contributed by atoms with Crippen molar-refractivity contribution in [2.24, 2.45) is 0 Å². The number of rotatable bonds is 1. The Morgan fingerprint density at radius 2 is 1.81 bits per heavy atom. The van der Waals surface area contributed by atoms with Crippen LogP contribution in [0.4, 0.5) is 10.5 Å². The molecule has 1 atom stereocenters. The van der Waals surface area contributed by atoms with E-state index in [1.54, 1.807) is 24.3 Å². The summed E-state index contributed by atoms with van der Waals surface area (Å²) in [5.74, 6) is -0.586. The number of amides is 3. The normalized spacial score (nSPS) is 24.9. The number of anilines is 1. The fraction of sp³-hybridized carbons (Fsp3) is 0.385. The summed E-state index contributed by atoms with van der Waals surface area (Å²) in [4.78, 5) is 27.2. The number of fused-ring (bicyclic) bond motifs is 1. The van der Waals surface area contributed by atoms with E-state index >= 15 is 0 Å². The van der Waals surface area contributed by atoms with Gasteiger partial charge in [-0.05, 0) is 24.3 Å². The maximum atomic E-state index is 12.5. The Balaban J connectivity index is 1.90. The first-order valence-electron chi connectivity index (χ1n) is 6.47. The molecule has 2 aliphatic heterocycles. The van der Waals surface area contributed by atoms with Gasteiger partial charge in [-0.2, -0.15) is 0 Å². The zero-order valence-electron chi connectivity index (χ0n) is 11.0. The number of carbonyl (C=O) groups is 2. The Labute approximate surface area is 127 Å². The highest BCUT2D eigenvalue weighted by Crippen LogP contribution is 2.28. The van der Waals surface area contributed by atoms with Crippen molar-refractivity contribution in [1.29, 1.82) is 0 Å². The molecule has 0 spiro atoms. The van der Waals surface area contributed by atoms with E-state index in [-0.39, 0.29) is 30.4 Å². The van der Waals surface area contributed by atoms with E-state index in [0.717, 1.165) is 4.90 Å². The number of benzene rings is 1. The molecule has 3 rings (SSSR count). The molecule has 2 heterocycles. The van der Waals surface area contributed by atoms with Crippen LogP contribution < -0.4 is 4.90 Å². The van der Waals surface area contributed by atoms with Crippen molar-refractivity contribution in [3.63, 3.8) is 0 Å². The monoisotopic (exact) mass is 328 g/mol. The van der Waals surface area contributed by atoms with Gasteiger partial charge in [0.05, 0.1) is 23.2 Å². The smallest absolute Gasteiger partial charge is 0.318 e. The number of nitrogens with zero attached hydrogens (tertiary/aromatic N) is 2. The van der Waals surface area contributed by atoms with Gasteiger partial charge in [-0.3, -0.25) is 4.79 Å². The highest BCUT2D eigenvalue weighted by Gasteiger charge is 2.44. The lowest BCUT2D eigenvalue weighted by Gasteiger charge is -2.42. The lowest BCUT2D eigenvalue weighted by atomic mass is 10.1. The van der Waals surface area contributed by atoms with E-state index in [1.807, 2.05) is 0 Å². The fourth-order valence-electron chi connectivity index (χ4n) is 2.68. The average Bonchev–Trinajstić information content (AvgIpc) is 2.39. The summed E-state index contributed by atoms with van der Waals surface area (Å²) in [6.45, 7) is 0.128. The van der Waals surface area contributed by atoms with Crippen molar-refractivity contribution < 1.29 is 18.0 Å². The highest BCUT2D eigenvalue weighted by atomic mass is 35.5. The third-order valence-electron chi connectivity index (χ3n) is 3.71. The molecule has 2 fully saturated rings. The molecule has 0 saturated carbocycles. The van der Waals surface area contributed by atoms with Gasteiger partial charge in [-0.15, -0.1) is 0 Å². The van der Waals surface area contributed by atoms with Crippen molar-refractivity contribution >= 4 is 39.1 Å². The van der Waals surface area contributed by atoms with Gasteiger partial charge in [0, 0.05) is 18.0 Å². The molecule has 2 saturated heterocycles. The number of urea groups is 1. The minimum Gasteiger partial charge on any atom is -0.318 e. The predicted molar refractivity (Wildman–Crippen MR) is 78.1 cm³/mol. The first kappa shape index (κ1) is 14.3. The minimum atomic E-state index is -3.17. The van der Waals surface area contributed by atoms with Crippen molar-refractivity contribution in [2.75, 3.05) is 23.0 Å². The Bertz CT molecular complexity index is 701. The van der Waals surface area contributed by atoms with Crippen LogP contribution in [0, 0.1) is 0 Å². The maximum Gasteiger partial charge on any atom is 0.331 e. The zero-order chi connectivity index (χ0) is 15.2. The van der Waals surface area contributed by atoms with Crippen LogP contribution in [-0.2, 0) is 14.6 Å². The van der Waals surface area contributed by atoms with Gasteiger partial charge in [0.2, 0.25) is 5.91 Å². The van der Waals surface area contributed by atoms with Crippen LogP contribution in [-0.4, -0.2) is 49.3 Å². The Kier molecular flexibility index (Phi) is 3.41. The topological polar surface area (TPSA) is 74.8 Å². The summed E-state index contributed by atoms with van der Waals surface area (Å²) < 4.78 is 23.3.